The molecule has 5 unspecified atom stereocenters. The van der Waals surface area contributed by atoms with E-state index in [4.69, 9.17) is 0 Å². The Bertz CT molecular complexity index is 621. The maximum Gasteiger partial charge on any atom is 0.309 e. The number of hydrogen-bond donors (Lipinski definition) is 2. The highest BCUT2D eigenvalue weighted by Gasteiger charge is 2.30. The van der Waals surface area contributed by atoms with Crippen molar-refractivity contribution < 1.29 is 15.0 Å². The molecule has 0 aromatic carbocycles. The van der Waals surface area contributed by atoms with E-state index in [0.29, 0.717) is 17.1 Å². The number of aliphatic hydroxyl groups excluding tert-OH is 1. The van der Waals surface area contributed by atoms with Crippen molar-refractivity contribution in [3.63, 3.8) is 0 Å². The molecule has 0 bridgehead atoms. The zero-order valence-electron chi connectivity index (χ0n) is 24.4. The van der Waals surface area contributed by atoms with Crippen LogP contribution < -0.4 is 0 Å². The summed E-state index contributed by atoms with van der Waals surface area (Å²) in [4.78, 5) is 11.5. The van der Waals surface area contributed by atoms with Gasteiger partial charge in [-0.05, 0) is 70.1 Å². The van der Waals surface area contributed by atoms with Gasteiger partial charge >= 0.3 is 5.97 Å². The molecular formula is C31H58O3S2. The fourth-order valence-corrected chi connectivity index (χ4v) is 8.36. The Balaban J connectivity index is 0.00000316. The molecule has 212 valence electrons. The molecule has 0 saturated carbocycles. The van der Waals surface area contributed by atoms with Crippen LogP contribution in [0.4, 0.5) is 0 Å². The van der Waals surface area contributed by atoms with Gasteiger partial charge in [0.1, 0.15) is 0 Å². The Morgan fingerprint density at radius 1 is 0.833 bits per heavy atom. The van der Waals surface area contributed by atoms with Crippen LogP contribution in [0.1, 0.15) is 138 Å². The Labute approximate surface area is 232 Å². The van der Waals surface area contributed by atoms with E-state index < -0.39 is 11.4 Å². The van der Waals surface area contributed by atoms with Crippen LogP contribution in [0.25, 0.3) is 0 Å². The summed E-state index contributed by atoms with van der Waals surface area (Å²) in [6.45, 7) is 12.5. The Morgan fingerprint density at radius 3 is 1.72 bits per heavy atom. The predicted octanol–water partition coefficient (Wildman–Crippen LogP) is 9.52. The molecule has 5 atom stereocenters. The number of carboxylic acids is 1. The predicted molar refractivity (Wildman–Crippen MR) is 162 cm³/mol. The number of rotatable bonds is 15. The van der Waals surface area contributed by atoms with Crippen LogP contribution in [0.3, 0.4) is 0 Å². The molecule has 3 nitrogen and oxygen atoms in total. The number of hydrogen-bond acceptors (Lipinski definition) is 4. The summed E-state index contributed by atoms with van der Waals surface area (Å²) in [6, 6.07) is 0. The lowest BCUT2D eigenvalue weighted by molar-refractivity contribution is -0.148. The van der Waals surface area contributed by atoms with Crippen LogP contribution in [0.2, 0.25) is 0 Å². The van der Waals surface area contributed by atoms with Crippen LogP contribution in [-0.4, -0.2) is 43.8 Å². The highest BCUT2D eigenvalue weighted by Crippen LogP contribution is 2.39. The van der Waals surface area contributed by atoms with Gasteiger partial charge in [-0.25, -0.2) is 0 Å². The number of aliphatic carboxylic acids is 1. The van der Waals surface area contributed by atoms with Gasteiger partial charge in [0.05, 0.1) is 5.41 Å². The Hall–Kier alpha value is -0.130. The first-order valence-corrected chi connectivity index (χ1v) is 16.9. The zero-order valence-corrected chi connectivity index (χ0v) is 26.0. The van der Waals surface area contributed by atoms with E-state index in [1.165, 1.54) is 64.2 Å². The molecule has 2 N–H and O–H groups in total. The minimum atomic E-state index is -0.638. The minimum Gasteiger partial charge on any atom is -0.481 e. The van der Waals surface area contributed by atoms with Gasteiger partial charge in [-0.1, -0.05) is 85.3 Å². The molecule has 0 amide bonds. The van der Waals surface area contributed by atoms with Gasteiger partial charge < -0.3 is 10.2 Å². The monoisotopic (exact) mass is 542 g/mol. The van der Waals surface area contributed by atoms with Crippen molar-refractivity contribution in [1.82, 2.24) is 0 Å². The van der Waals surface area contributed by atoms with E-state index in [2.05, 4.69) is 49.5 Å². The Morgan fingerprint density at radius 2 is 1.31 bits per heavy atom. The molecule has 36 heavy (non-hydrogen) atoms. The van der Waals surface area contributed by atoms with Crippen molar-refractivity contribution in [3.05, 3.63) is 12.2 Å². The maximum atomic E-state index is 11.5. The average molecular weight is 543 g/mol. The molecule has 2 aliphatic heterocycles. The van der Waals surface area contributed by atoms with Crippen LogP contribution in [0.15, 0.2) is 12.2 Å². The summed E-state index contributed by atoms with van der Waals surface area (Å²) in [7, 11) is 0. The second-order valence-corrected chi connectivity index (χ2v) is 15.0. The summed E-state index contributed by atoms with van der Waals surface area (Å²) in [5, 5.41) is 21.8. The van der Waals surface area contributed by atoms with E-state index in [0.717, 1.165) is 42.6 Å². The lowest BCUT2D eigenvalue weighted by Gasteiger charge is -2.30. The summed E-state index contributed by atoms with van der Waals surface area (Å²) >= 11 is 4.39. The number of thioether (sulfide) groups is 2. The van der Waals surface area contributed by atoms with Gasteiger partial charge in [-0.15, -0.1) is 0 Å². The number of carbonyl (C=O) groups is 1. The number of carboxylic acid groups (broad SMARTS) is 1. The van der Waals surface area contributed by atoms with Crippen molar-refractivity contribution in [2.75, 3.05) is 6.61 Å². The fourth-order valence-electron chi connectivity index (χ4n) is 5.19. The largest absolute Gasteiger partial charge is 0.481 e. The van der Waals surface area contributed by atoms with Crippen LogP contribution in [-0.2, 0) is 4.79 Å². The normalized spacial score (nSPS) is 26.8. The molecule has 2 aliphatic rings. The third kappa shape index (κ3) is 13.1. The first-order chi connectivity index (χ1) is 17.2. The molecule has 2 heterocycles. The molecule has 2 rings (SSSR count). The van der Waals surface area contributed by atoms with Crippen molar-refractivity contribution in [2.45, 2.75) is 159 Å². The number of unbranched alkanes of at least 4 members (excludes halogenated alkanes) is 2. The van der Waals surface area contributed by atoms with Gasteiger partial charge in [0.25, 0.3) is 0 Å². The van der Waals surface area contributed by atoms with Gasteiger partial charge in [0.2, 0.25) is 0 Å². The molecule has 0 aromatic heterocycles. The third-order valence-corrected chi connectivity index (χ3v) is 11.4. The summed E-state index contributed by atoms with van der Waals surface area (Å²) in [6.07, 6.45) is 23.0. The second kappa shape index (κ2) is 18.2. The van der Waals surface area contributed by atoms with Crippen molar-refractivity contribution in [2.24, 2.45) is 10.8 Å². The SMILES string of the molecule is CC.CCC(C)(CCCCC1CCCC(/C=C\C2CCCC(CCCCC(C)(C)CO)S2)S1)C(=O)O. The van der Waals surface area contributed by atoms with Gasteiger partial charge in [0.15, 0.2) is 0 Å². The van der Waals surface area contributed by atoms with Gasteiger partial charge in [-0.2, -0.15) is 23.5 Å². The Kier molecular flexibility index (Phi) is 17.1. The van der Waals surface area contributed by atoms with E-state index in [1.807, 2.05) is 27.7 Å². The molecule has 2 fully saturated rings. The molecule has 0 aromatic rings. The van der Waals surface area contributed by atoms with E-state index in [9.17, 15) is 15.0 Å². The van der Waals surface area contributed by atoms with Crippen molar-refractivity contribution in [3.8, 4) is 0 Å². The highest BCUT2D eigenvalue weighted by molar-refractivity contribution is 8.01. The average Bonchev–Trinajstić information content (AvgIpc) is 2.89. The molecular weight excluding hydrogens is 484 g/mol. The standard InChI is InChI=1S/C29H52O3S2.C2H6/c1-5-29(4,27(31)32)21-9-7-13-24-15-11-17-26(34-24)19-18-25-16-10-14-23(33-25)12-6-8-20-28(2,3)22-30;1-2/h18-19,23-26,30H,5-17,20-22H2,1-4H3,(H,31,32);1-2H3/b19-18-;. The van der Waals surface area contributed by atoms with Crippen LogP contribution in [0, 0.1) is 10.8 Å². The molecule has 0 radical (unpaired) electrons. The number of aliphatic hydroxyl groups is 1. The first-order valence-electron chi connectivity index (χ1n) is 15.0. The maximum absolute atomic E-state index is 11.5. The van der Waals surface area contributed by atoms with Crippen molar-refractivity contribution in [1.29, 1.82) is 0 Å². The third-order valence-electron chi connectivity index (χ3n) is 8.16. The zero-order chi connectivity index (χ0) is 27.0. The first kappa shape index (κ1) is 33.9. The minimum absolute atomic E-state index is 0.0784. The van der Waals surface area contributed by atoms with Crippen LogP contribution in [0.5, 0.6) is 0 Å². The van der Waals surface area contributed by atoms with Crippen LogP contribution >= 0.6 is 23.5 Å². The lowest BCUT2D eigenvalue weighted by atomic mass is 9.82. The molecule has 5 heteroatoms. The molecule has 0 aliphatic carbocycles. The highest BCUT2D eigenvalue weighted by atomic mass is 32.2. The quantitative estimate of drug-likeness (QED) is 0.159. The topological polar surface area (TPSA) is 57.5 Å². The fraction of sp³-hybridized carbons (Fsp3) is 0.903. The second-order valence-electron chi connectivity index (χ2n) is 11.9. The summed E-state index contributed by atoms with van der Waals surface area (Å²) in [5.41, 5.74) is -0.467. The smallest absolute Gasteiger partial charge is 0.309 e. The summed E-state index contributed by atoms with van der Waals surface area (Å²) in [5.74, 6) is -0.638. The van der Waals surface area contributed by atoms with Crippen molar-refractivity contribution >= 4 is 29.5 Å². The van der Waals surface area contributed by atoms with E-state index >= 15 is 0 Å². The van der Waals surface area contributed by atoms with E-state index in [1.54, 1.807) is 0 Å². The molecule has 0 spiro atoms. The van der Waals surface area contributed by atoms with Gasteiger partial charge in [-0.3, -0.25) is 4.79 Å². The lowest BCUT2D eigenvalue weighted by Crippen LogP contribution is -2.26. The summed E-state index contributed by atoms with van der Waals surface area (Å²) < 4.78 is 0. The van der Waals surface area contributed by atoms with Gasteiger partial charge in [0, 0.05) is 27.6 Å². The van der Waals surface area contributed by atoms with E-state index in [-0.39, 0.29) is 5.41 Å². The molecule has 2 saturated heterocycles.